The molecule has 1 atom stereocenters. The quantitative estimate of drug-likeness (QED) is 0.907. The van der Waals surface area contributed by atoms with Crippen LogP contribution in [0.25, 0.3) is 0 Å². The van der Waals surface area contributed by atoms with Crippen molar-refractivity contribution in [2.75, 3.05) is 0 Å². The molecule has 0 fully saturated rings. The lowest BCUT2D eigenvalue weighted by Crippen LogP contribution is -2.04. The molecule has 1 aromatic carbocycles. The highest BCUT2D eigenvalue weighted by Gasteiger charge is 2.20. The van der Waals surface area contributed by atoms with Crippen molar-refractivity contribution in [3.8, 4) is 0 Å². The largest absolute Gasteiger partial charge is 0.383 e. The highest BCUT2D eigenvalue weighted by Crippen LogP contribution is 2.31. The number of hydrogen-bond acceptors (Lipinski definition) is 4. The molecule has 0 saturated carbocycles. The van der Waals surface area contributed by atoms with E-state index in [9.17, 15) is 5.11 Å². The Hall–Kier alpha value is -1.26. The average molecular weight is 290 g/mol. The molecule has 0 saturated heterocycles. The van der Waals surface area contributed by atoms with E-state index in [1.165, 1.54) is 17.1 Å². The smallest absolute Gasteiger partial charge is 0.117 e. The predicted molar refractivity (Wildman–Crippen MR) is 83.0 cm³/mol. The van der Waals surface area contributed by atoms with Crippen LogP contribution in [-0.2, 0) is 6.42 Å². The van der Waals surface area contributed by atoms with Crippen LogP contribution in [0.2, 0.25) is 0 Å². The molecule has 20 heavy (non-hydrogen) atoms. The SMILES string of the molecule is CC(C)Cc1cccc(C(O)c2snnc2C(C)C)c1. The Morgan fingerprint density at radius 1 is 1.20 bits per heavy atom. The maximum atomic E-state index is 10.6. The zero-order valence-corrected chi connectivity index (χ0v) is 13.3. The second kappa shape index (κ2) is 6.46. The Morgan fingerprint density at radius 3 is 2.60 bits per heavy atom. The molecule has 2 aromatic rings. The second-order valence-corrected chi connectivity index (χ2v) is 6.71. The first-order chi connectivity index (χ1) is 9.49. The molecule has 0 aliphatic heterocycles. The normalized spacial score (nSPS) is 13.2. The van der Waals surface area contributed by atoms with Gasteiger partial charge < -0.3 is 5.11 Å². The third kappa shape index (κ3) is 3.44. The van der Waals surface area contributed by atoms with Gasteiger partial charge in [-0.3, -0.25) is 0 Å². The zero-order chi connectivity index (χ0) is 14.7. The van der Waals surface area contributed by atoms with E-state index >= 15 is 0 Å². The Balaban J connectivity index is 2.28. The van der Waals surface area contributed by atoms with Gasteiger partial charge in [0, 0.05) is 0 Å². The zero-order valence-electron chi connectivity index (χ0n) is 12.5. The lowest BCUT2D eigenvalue weighted by atomic mass is 9.97. The lowest BCUT2D eigenvalue weighted by Gasteiger charge is -2.13. The fraction of sp³-hybridized carbons (Fsp3) is 0.500. The molecule has 0 bridgehead atoms. The van der Waals surface area contributed by atoms with Crippen LogP contribution in [-0.4, -0.2) is 14.7 Å². The van der Waals surface area contributed by atoms with Crippen LogP contribution in [0.15, 0.2) is 24.3 Å². The van der Waals surface area contributed by atoms with Gasteiger partial charge in [-0.25, -0.2) is 0 Å². The number of nitrogens with zero attached hydrogens (tertiary/aromatic N) is 2. The highest BCUT2D eigenvalue weighted by molar-refractivity contribution is 7.05. The van der Waals surface area contributed by atoms with Crippen molar-refractivity contribution in [3.63, 3.8) is 0 Å². The van der Waals surface area contributed by atoms with Gasteiger partial charge >= 0.3 is 0 Å². The molecule has 0 aliphatic rings. The fourth-order valence-electron chi connectivity index (χ4n) is 2.31. The number of rotatable bonds is 5. The molecule has 1 heterocycles. The van der Waals surface area contributed by atoms with Crippen LogP contribution in [0.4, 0.5) is 0 Å². The lowest BCUT2D eigenvalue weighted by molar-refractivity contribution is 0.222. The van der Waals surface area contributed by atoms with Gasteiger partial charge in [0.15, 0.2) is 0 Å². The molecule has 0 radical (unpaired) electrons. The van der Waals surface area contributed by atoms with E-state index < -0.39 is 6.10 Å². The van der Waals surface area contributed by atoms with Crippen LogP contribution in [0.1, 0.15) is 61.4 Å². The number of hydrogen-bond donors (Lipinski definition) is 1. The summed E-state index contributed by atoms with van der Waals surface area (Å²) in [6.45, 7) is 8.55. The van der Waals surface area contributed by atoms with E-state index in [0.29, 0.717) is 5.92 Å². The van der Waals surface area contributed by atoms with Gasteiger partial charge in [-0.2, -0.15) is 0 Å². The molecule has 4 heteroatoms. The molecule has 0 spiro atoms. The molecule has 3 nitrogen and oxygen atoms in total. The Labute approximate surface area is 124 Å². The van der Waals surface area contributed by atoms with Crippen LogP contribution in [0.5, 0.6) is 0 Å². The van der Waals surface area contributed by atoms with Gasteiger partial charge in [0.1, 0.15) is 6.10 Å². The van der Waals surface area contributed by atoms with E-state index in [2.05, 4.69) is 49.4 Å². The molecule has 0 aliphatic carbocycles. The number of benzene rings is 1. The number of aliphatic hydroxyl groups is 1. The summed E-state index contributed by atoms with van der Waals surface area (Å²) in [7, 11) is 0. The summed E-state index contributed by atoms with van der Waals surface area (Å²) < 4.78 is 3.99. The third-order valence-electron chi connectivity index (χ3n) is 3.25. The maximum absolute atomic E-state index is 10.6. The van der Waals surface area contributed by atoms with Crippen LogP contribution in [0, 0.1) is 5.92 Å². The van der Waals surface area contributed by atoms with Gasteiger partial charge in [0.25, 0.3) is 0 Å². The first-order valence-corrected chi connectivity index (χ1v) is 7.85. The summed E-state index contributed by atoms with van der Waals surface area (Å²) in [4.78, 5) is 0.863. The summed E-state index contributed by atoms with van der Waals surface area (Å²) in [5.74, 6) is 0.885. The van der Waals surface area contributed by atoms with E-state index in [1.807, 2.05) is 12.1 Å². The topological polar surface area (TPSA) is 46.0 Å². The van der Waals surface area contributed by atoms with E-state index in [1.54, 1.807) is 0 Å². The van der Waals surface area contributed by atoms with Crippen molar-refractivity contribution >= 4 is 11.5 Å². The van der Waals surface area contributed by atoms with Gasteiger partial charge in [-0.15, -0.1) is 5.10 Å². The van der Waals surface area contributed by atoms with Crippen molar-refractivity contribution in [2.45, 2.75) is 46.1 Å². The van der Waals surface area contributed by atoms with Gasteiger partial charge in [-0.05, 0) is 40.9 Å². The minimum atomic E-state index is -0.625. The van der Waals surface area contributed by atoms with Gasteiger partial charge in [0.2, 0.25) is 0 Å². The van der Waals surface area contributed by atoms with Crippen molar-refractivity contribution in [1.29, 1.82) is 0 Å². The molecule has 1 unspecified atom stereocenters. The highest BCUT2D eigenvalue weighted by atomic mass is 32.1. The van der Waals surface area contributed by atoms with Crippen molar-refractivity contribution < 1.29 is 5.11 Å². The van der Waals surface area contributed by atoms with Gasteiger partial charge in [0.05, 0.1) is 10.6 Å². The molecule has 2 rings (SSSR count). The summed E-state index contributed by atoms with van der Waals surface area (Å²) in [6.07, 6.45) is 0.401. The molecule has 1 N–H and O–H groups in total. The summed E-state index contributed by atoms with van der Waals surface area (Å²) in [5.41, 5.74) is 3.09. The van der Waals surface area contributed by atoms with Crippen molar-refractivity contribution in [3.05, 3.63) is 46.0 Å². The summed E-state index contributed by atoms with van der Waals surface area (Å²) >= 11 is 1.29. The fourth-order valence-corrected chi connectivity index (χ4v) is 3.13. The third-order valence-corrected chi connectivity index (χ3v) is 4.04. The monoisotopic (exact) mass is 290 g/mol. The van der Waals surface area contributed by atoms with Crippen molar-refractivity contribution in [2.24, 2.45) is 5.92 Å². The number of aliphatic hydroxyl groups excluding tert-OH is 1. The Bertz CT molecular complexity index is 563. The standard InChI is InChI=1S/C16H22N2OS/c1-10(2)8-12-6-5-7-13(9-12)15(19)16-14(11(3)4)17-18-20-16/h5-7,9-11,15,19H,8H2,1-4H3. The van der Waals surface area contributed by atoms with E-state index in [4.69, 9.17) is 0 Å². The van der Waals surface area contributed by atoms with Gasteiger partial charge in [-0.1, -0.05) is 56.4 Å². The Kier molecular flexibility index (Phi) is 4.89. The minimum absolute atomic E-state index is 0.275. The molecule has 1 aromatic heterocycles. The second-order valence-electron chi connectivity index (χ2n) is 5.92. The summed E-state index contributed by atoms with van der Waals surface area (Å²) in [5, 5.41) is 14.7. The minimum Gasteiger partial charge on any atom is -0.383 e. The molecular weight excluding hydrogens is 268 g/mol. The first kappa shape index (κ1) is 15.1. The van der Waals surface area contributed by atoms with E-state index in [0.717, 1.165) is 22.6 Å². The van der Waals surface area contributed by atoms with Crippen LogP contribution < -0.4 is 0 Å². The Morgan fingerprint density at radius 2 is 1.95 bits per heavy atom. The predicted octanol–water partition coefficient (Wildman–Crippen LogP) is 3.94. The van der Waals surface area contributed by atoms with Crippen molar-refractivity contribution in [1.82, 2.24) is 9.59 Å². The first-order valence-electron chi connectivity index (χ1n) is 7.08. The maximum Gasteiger partial charge on any atom is 0.117 e. The average Bonchev–Trinajstić information content (AvgIpc) is 2.86. The van der Waals surface area contributed by atoms with Crippen LogP contribution >= 0.6 is 11.5 Å². The number of aromatic nitrogens is 2. The summed E-state index contributed by atoms with van der Waals surface area (Å²) in [6, 6.07) is 8.19. The van der Waals surface area contributed by atoms with E-state index in [-0.39, 0.29) is 5.92 Å². The molecule has 0 amide bonds. The van der Waals surface area contributed by atoms with Crippen LogP contribution in [0.3, 0.4) is 0 Å². The molecule has 108 valence electrons. The molecular formula is C16H22N2OS.